The van der Waals surface area contributed by atoms with Crippen LogP contribution in [0.25, 0.3) is 0 Å². The van der Waals surface area contributed by atoms with Crippen LogP contribution < -0.4 is 5.32 Å². The molecule has 0 radical (unpaired) electrons. The zero-order chi connectivity index (χ0) is 21.4. The molecule has 6 nitrogen and oxygen atoms in total. The summed E-state index contributed by atoms with van der Waals surface area (Å²) in [4.78, 5) is 12.6. The summed E-state index contributed by atoms with van der Waals surface area (Å²) in [5.74, 6) is 0.414. The first-order valence-electron chi connectivity index (χ1n) is 11.1. The summed E-state index contributed by atoms with van der Waals surface area (Å²) in [7, 11) is 1.70. The van der Waals surface area contributed by atoms with Gasteiger partial charge in [-0.2, -0.15) is 0 Å². The van der Waals surface area contributed by atoms with Crippen LogP contribution in [0.1, 0.15) is 67.2 Å². The van der Waals surface area contributed by atoms with Crippen LogP contribution in [-0.4, -0.2) is 55.4 Å². The minimum Gasteiger partial charge on any atom is -0.443 e. The first-order chi connectivity index (χ1) is 13.7. The number of carbonyl (C=O) groups excluding carboxylic acids is 1. The number of hydrogen-bond acceptors (Lipinski definition) is 5. The smallest absolute Gasteiger partial charge is 0.407 e. The lowest BCUT2D eigenvalue weighted by Gasteiger charge is -2.42. The van der Waals surface area contributed by atoms with Crippen molar-refractivity contribution in [2.24, 2.45) is 11.8 Å². The molecule has 6 heteroatoms. The van der Waals surface area contributed by atoms with Crippen molar-refractivity contribution in [2.45, 2.75) is 103 Å². The van der Waals surface area contributed by atoms with Crippen molar-refractivity contribution in [3.63, 3.8) is 0 Å². The summed E-state index contributed by atoms with van der Waals surface area (Å²) < 4.78 is 24.0. The topological polar surface area (TPSA) is 72.6 Å². The summed E-state index contributed by atoms with van der Waals surface area (Å²) >= 11 is 0. The van der Waals surface area contributed by atoms with Crippen LogP contribution in [0.5, 0.6) is 0 Å². The molecule has 7 atom stereocenters. The molecule has 1 amide bonds. The quantitative estimate of drug-likeness (QED) is 0.480. The zero-order valence-electron chi connectivity index (χ0n) is 19.1. The third-order valence-corrected chi connectivity index (χ3v) is 7.04. The van der Waals surface area contributed by atoms with E-state index in [4.69, 9.17) is 18.9 Å². The van der Waals surface area contributed by atoms with E-state index in [0.717, 1.165) is 32.3 Å². The van der Waals surface area contributed by atoms with Crippen LogP contribution in [0.4, 0.5) is 4.79 Å². The molecule has 4 unspecified atom stereocenters. The van der Waals surface area contributed by atoms with Gasteiger partial charge < -0.3 is 24.3 Å². The van der Waals surface area contributed by atoms with Crippen molar-refractivity contribution >= 4 is 6.09 Å². The maximum atomic E-state index is 12.6. The number of allylic oxidation sites excluding steroid dienone is 1. The summed E-state index contributed by atoms with van der Waals surface area (Å²) in [5, 5.41) is 3.02. The standard InChI is InChI=1S/C23H39NO5/c1-8-16(15(4)5)24-21(25)28-17-11-12-23(13-27-23)20(19(17)26-7)22(6)18(29-22)10-9-14(2)3/h9,15-20H,8,10-13H2,1-7H3,(H,24,25)/t16-,17?,18+,19?,20?,22?,23-/m0/s1. The van der Waals surface area contributed by atoms with Crippen molar-refractivity contribution in [1.82, 2.24) is 5.32 Å². The lowest BCUT2D eigenvalue weighted by Crippen LogP contribution is -2.56. The molecule has 2 aliphatic heterocycles. The van der Waals surface area contributed by atoms with Gasteiger partial charge in [-0.05, 0) is 52.4 Å². The fourth-order valence-electron chi connectivity index (χ4n) is 5.13. The Morgan fingerprint density at radius 3 is 2.55 bits per heavy atom. The van der Waals surface area contributed by atoms with Crippen LogP contribution in [0.3, 0.4) is 0 Å². The Kier molecular flexibility index (Phi) is 6.66. The maximum absolute atomic E-state index is 12.6. The number of nitrogens with one attached hydrogen (secondary N) is 1. The highest BCUT2D eigenvalue weighted by Gasteiger charge is 2.72. The number of rotatable bonds is 8. The van der Waals surface area contributed by atoms with Gasteiger partial charge in [0.2, 0.25) is 0 Å². The maximum Gasteiger partial charge on any atom is 0.407 e. The van der Waals surface area contributed by atoms with Crippen LogP contribution in [0.15, 0.2) is 11.6 Å². The second-order valence-corrected chi connectivity index (χ2v) is 9.72. The fourth-order valence-corrected chi connectivity index (χ4v) is 5.13. The van der Waals surface area contributed by atoms with Crippen LogP contribution in [-0.2, 0) is 18.9 Å². The predicted octanol–water partition coefficient (Wildman–Crippen LogP) is 4.22. The molecular weight excluding hydrogens is 370 g/mol. The zero-order valence-corrected chi connectivity index (χ0v) is 19.1. The molecule has 3 fully saturated rings. The van der Waals surface area contributed by atoms with E-state index in [0.29, 0.717) is 5.92 Å². The van der Waals surface area contributed by atoms with Gasteiger partial charge in [-0.15, -0.1) is 0 Å². The highest BCUT2D eigenvalue weighted by molar-refractivity contribution is 5.68. The van der Waals surface area contributed by atoms with Gasteiger partial charge in [0.05, 0.1) is 18.6 Å². The number of epoxide rings is 2. The van der Waals surface area contributed by atoms with Crippen molar-refractivity contribution in [1.29, 1.82) is 0 Å². The molecule has 0 aromatic rings. The Labute approximate surface area is 175 Å². The van der Waals surface area contributed by atoms with E-state index in [-0.39, 0.29) is 47.6 Å². The molecule has 1 N–H and O–H groups in total. The van der Waals surface area contributed by atoms with E-state index in [9.17, 15) is 4.79 Å². The van der Waals surface area contributed by atoms with Gasteiger partial charge in [-0.1, -0.05) is 32.4 Å². The number of ether oxygens (including phenoxy) is 4. The van der Waals surface area contributed by atoms with Crippen molar-refractivity contribution in [3.8, 4) is 0 Å². The van der Waals surface area contributed by atoms with Gasteiger partial charge in [0.25, 0.3) is 0 Å². The molecular formula is C23H39NO5. The highest BCUT2D eigenvalue weighted by atomic mass is 16.6. The second kappa shape index (κ2) is 8.56. The molecule has 0 aromatic heterocycles. The third-order valence-electron chi connectivity index (χ3n) is 7.04. The minimum atomic E-state index is -0.355. The molecule has 0 aromatic carbocycles. The van der Waals surface area contributed by atoms with Gasteiger partial charge in [0, 0.05) is 13.2 Å². The van der Waals surface area contributed by atoms with Crippen LogP contribution in [0, 0.1) is 11.8 Å². The Hall–Kier alpha value is -1.11. The summed E-state index contributed by atoms with van der Waals surface area (Å²) in [5.41, 5.74) is 0.779. The molecule has 29 heavy (non-hydrogen) atoms. The Morgan fingerprint density at radius 2 is 2.03 bits per heavy atom. The highest BCUT2D eigenvalue weighted by Crippen LogP contribution is 2.59. The van der Waals surface area contributed by atoms with Gasteiger partial charge in [0.1, 0.15) is 23.4 Å². The largest absolute Gasteiger partial charge is 0.443 e. The minimum absolute atomic E-state index is 0.0502. The molecule has 1 aliphatic carbocycles. The monoisotopic (exact) mass is 409 g/mol. The van der Waals surface area contributed by atoms with Crippen molar-refractivity contribution < 1.29 is 23.7 Å². The lowest BCUT2D eigenvalue weighted by molar-refractivity contribution is -0.118. The summed E-state index contributed by atoms with van der Waals surface area (Å²) in [6.45, 7) is 13.4. The van der Waals surface area contributed by atoms with E-state index in [1.807, 2.05) is 0 Å². The van der Waals surface area contributed by atoms with E-state index in [1.54, 1.807) is 7.11 Å². The van der Waals surface area contributed by atoms with Gasteiger partial charge in [0.15, 0.2) is 0 Å². The first kappa shape index (κ1) is 22.6. The predicted molar refractivity (Wildman–Crippen MR) is 112 cm³/mol. The number of amides is 1. The normalized spacial score (nSPS) is 39.2. The molecule has 0 bridgehead atoms. The Morgan fingerprint density at radius 1 is 1.34 bits per heavy atom. The number of hydrogen-bond donors (Lipinski definition) is 1. The molecule has 1 spiro atoms. The molecule has 3 aliphatic rings. The van der Waals surface area contributed by atoms with E-state index in [1.165, 1.54) is 5.57 Å². The molecule has 1 saturated carbocycles. The van der Waals surface area contributed by atoms with Gasteiger partial charge in [-0.25, -0.2) is 4.79 Å². The number of alkyl carbamates (subject to hydrolysis) is 1. The van der Waals surface area contributed by atoms with Crippen molar-refractivity contribution in [3.05, 3.63) is 11.6 Å². The Bertz CT molecular complexity index is 625. The fraction of sp³-hybridized carbons (Fsp3) is 0.870. The first-order valence-corrected chi connectivity index (χ1v) is 11.1. The lowest BCUT2D eigenvalue weighted by atomic mass is 9.68. The SMILES string of the molecule is CC[C@H](NC(=O)OC1CC[C@]2(CO2)C(C2(C)O[C@@H]2CC=C(C)C)C1OC)C(C)C. The number of methoxy groups -OCH3 is 1. The van der Waals surface area contributed by atoms with Crippen LogP contribution >= 0.6 is 0 Å². The molecule has 166 valence electrons. The number of carbonyl (C=O) groups is 1. The van der Waals surface area contributed by atoms with E-state index in [2.05, 4.69) is 52.9 Å². The summed E-state index contributed by atoms with van der Waals surface area (Å²) in [6.07, 6.45) is 4.86. The van der Waals surface area contributed by atoms with E-state index < -0.39 is 0 Å². The van der Waals surface area contributed by atoms with Gasteiger partial charge >= 0.3 is 6.09 Å². The average Bonchev–Trinajstić information content (AvgIpc) is 3.57. The summed E-state index contributed by atoms with van der Waals surface area (Å²) in [6, 6.07) is 0.110. The van der Waals surface area contributed by atoms with Crippen molar-refractivity contribution in [2.75, 3.05) is 13.7 Å². The average molecular weight is 410 g/mol. The third kappa shape index (κ3) is 4.64. The van der Waals surface area contributed by atoms with Gasteiger partial charge in [-0.3, -0.25) is 0 Å². The van der Waals surface area contributed by atoms with Crippen LogP contribution in [0.2, 0.25) is 0 Å². The molecule has 2 heterocycles. The molecule has 2 saturated heterocycles. The second-order valence-electron chi connectivity index (χ2n) is 9.72. The van der Waals surface area contributed by atoms with E-state index >= 15 is 0 Å². The Balaban J connectivity index is 1.70. The molecule has 3 rings (SSSR count).